The van der Waals surface area contributed by atoms with E-state index in [1.165, 1.54) is 28.7 Å². The molecule has 0 heterocycles. The van der Waals surface area contributed by atoms with Gasteiger partial charge in [-0.2, -0.15) is 0 Å². The van der Waals surface area contributed by atoms with Crippen molar-refractivity contribution in [2.24, 2.45) is 11.5 Å². The Balaban J connectivity index is 3.67. The monoisotopic (exact) mass is 282 g/mol. The van der Waals surface area contributed by atoms with E-state index in [2.05, 4.69) is 9.47 Å². The highest BCUT2D eigenvalue weighted by Crippen LogP contribution is 2.22. The Morgan fingerprint density at radius 2 is 1.65 bits per heavy atom. The summed E-state index contributed by atoms with van der Waals surface area (Å²) in [5.41, 5.74) is 10.9. The van der Waals surface area contributed by atoms with Gasteiger partial charge >= 0.3 is 18.4 Å². The second kappa shape index (κ2) is 9.28. The number of esters is 2. The molecule has 0 unspecified atom stereocenters. The third-order valence-corrected chi connectivity index (χ3v) is 4.02. The first kappa shape index (κ1) is 16.2. The summed E-state index contributed by atoms with van der Waals surface area (Å²) in [6.07, 6.45) is 0. The van der Waals surface area contributed by atoms with Crippen LogP contribution in [-0.2, 0) is 23.9 Å². The molecule has 0 amide bonds. The fourth-order valence-corrected chi connectivity index (χ4v) is 2.88. The zero-order valence-electron chi connectivity index (χ0n) is 9.16. The molecule has 0 fully saturated rings. The quantitative estimate of drug-likeness (QED) is 0.188. The van der Waals surface area contributed by atoms with Crippen molar-refractivity contribution in [3.8, 4) is 0 Å². The van der Waals surface area contributed by atoms with Gasteiger partial charge in [0, 0.05) is 11.5 Å². The molecule has 0 bridgehead atoms. The lowest BCUT2D eigenvalue weighted by Gasteiger charge is -2.09. The molecular formula is C8H14N2O5S2. The number of ether oxygens (including phenoxy) is 2. The zero-order valence-corrected chi connectivity index (χ0v) is 10.8. The molecule has 4 N–H and O–H groups in total. The third-order valence-electron chi connectivity index (χ3n) is 1.55. The number of rotatable bonds is 8. The molecular weight excluding hydrogens is 268 g/mol. The van der Waals surface area contributed by atoms with E-state index in [0.717, 1.165) is 0 Å². The van der Waals surface area contributed by atoms with Crippen LogP contribution in [0.4, 0.5) is 0 Å². The minimum absolute atomic E-state index is 0.0349. The van der Waals surface area contributed by atoms with Crippen LogP contribution in [0, 0.1) is 0 Å². The van der Waals surface area contributed by atoms with E-state index in [1.807, 2.05) is 0 Å². The van der Waals surface area contributed by atoms with E-state index in [-0.39, 0.29) is 12.2 Å². The summed E-state index contributed by atoms with van der Waals surface area (Å²) in [6.45, 7) is 0.0349. The van der Waals surface area contributed by atoms with Gasteiger partial charge in [0.2, 0.25) is 0 Å². The second-order valence-corrected chi connectivity index (χ2v) is 5.39. The molecule has 0 aliphatic heterocycles. The molecule has 0 aromatic rings. The Morgan fingerprint density at radius 3 is 2.06 bits per heavy atom. The van der Waals surface area contributed by atoms with Gasteiger partial charge in [0.05, 0.1) is 7.11 Å². The maximum atomic E-state index is 10.9. The van der Waals surface area contributed by atoms with Crippen molar-refractivity contribution in [3.63, 3.8) is 0 Å². The van der Waals surface area contributed by atoms with Gasteiger partial charge in [-0.25, -0.2) is 4.79 Å². The van der Waals surface area contributed by atoms with Crippen LogP contribution < -0.4 is 11.5 Å². The van der Waals surface area contributed by atoms with Crippen LogP contribution in [0.15, 0.2) is 0 Å². The first-order valence-corrected chi connectivity index (χ1v) is 6.99. The van der Waals surface area contributed by atoms with E-state index in [1.54, 1.807) is 0 Å². The van der Waals surface area contributed by atoms with Gasteiger partial charge in [0.15, 0.2) is 0 Å². The summed E-state index contributed by atoms with van der Waals surface area (Å²) in [6, 6.07) is -1.59. The Labute approximate surface area is 106 Å². The molecule has 98 valence electrons. The molecule has 0 saturated carbocycles. The van der Waals surface area contributed by atoms with Crippen LogP contribution in [0.25, 0.3) is 0 Å². The van der Waals surface area contributed by atoms with E-state index < -0.39 is 24.0 Å². The number of hydrogen-bond donors (Lipinski definition) is 2. The Morgan fingerprint density at radius 1 is 1.18 bits per heavy atom. The molecule has 17 heavy (non-hydrogen) atoms. The largest absolute Gasteiger partial charge is 0.468 e. The van der Waals surface area contributed by atoms with Crippen molar-refractivity contribution in [2.45, 2.75) is 12.1 Å². The fraction of sp³-hybridized carbons (Fsp3) is 0.625. The number of hydrogen-bond acceptors (Lipinski definition) is 9. The van der Waals surface area contributed by atoms with Crippen LogP contribution in [0.1, 0.15) is 0 Å². The minimum atomic E-state index is -0.882. The average Bonchev–Trinajstić information content (AvgIpc) is 2.33. The molecule has 0 aromatic heterocycles. The van der Waals surface area contributed by atoms with E-state index >= 15 is 0 Å². The average molecular weight is 282 g/mol. The number of carbonyl (C=O) groups is 3. The SMILES string of the molecule is COC(=O)[C@@H](N)CSSC[C@H](N)C(=O)OC=O. The van der Waals surface area contributed by atoms with Crippen LogP contribution in [0.2, 0.25) is 0 Å². The van der Waals surface area contributed by atoms with Gasteiger partial charge in [-0.15, -0.1) is 0 Å². The van der Waals surface area contributed by atoms with Crippen molar-refractivity contribution in [2.75, 3.05) is 18.6 Å². The molecule has 0 spiro atoms. The molecule has 0 radical (unpaired) electrons. The molecule has 0 aliphatic rings. The summed E-state index contributed by atoms with van der Waals surface area (Å²) >= 11 is 0. The first-order valence-electron chi connectivity index (χ1n) is 4.50. The summed E-state index contributed by atoms with van der Waals surface area (Å²) in [7, 11) is 3.80. The number of carbonyl (C=O) groups excluding carboxylic acids is 3. The highest BCUT2D eigenvalue weighted by Gasteiger charge is 2.17. The maximum Gasteiger partial charge on any atom is 0.331 e. The van der Waals surface area contributed by atoms with Crippen LogP contribution >= 0.6 is 21.6 Å². The zero-order chi connectivity index (χ0) is 13.3. The Kier molecular flexibility index (Phi) is 8.86. The summed E-state index contributed by atoms with van der Waals surface area (Å²) < 4.78 is 8.51. The predicted molar refractivity (Wildman–Crippen MR) is 65.0 cm³/mol. The van der Waals surface area contributed by atoms with Crippen LogP contribution in [0.3, 0.4) is 0 Å². The van der Waals surface area contributed by atoms with Gasteiger partial charge in [0.25, 0.3) is 0 Å². The summed E-state index contributed by atoms with van der Waals surface area (Å²) in [5.74, 6) is -0.689. The van der Waals surface area contributed by atoms with Gasteiger partial charge in [-0.3, -0.25) is 9.59 Å². The minimum Gasteiger partial charge on any atom is -0.468 e. The predicted octanol–water partition coefficient (Wildman–Crippen LogP) is -1.10. The van der Waals surface area contributed by atoms with E-state index in [0.29, 0.717) is 5.75 Å². The van der Waals surface area contributed by atoms with Crippen LogP contribution in [-0.4, -0.2) is 49.1 Å². The normalized spacial score (nSPS) is 13.6. The summed E-state index contributed by atoms with van der Waals surface area (Å²) in [5, 5.41) is 0. The smallest absolute Gasteiger partial charge is 0.331 e. The molecule has 7 nitrogen and oxygen atoms in total. The number of methoxy groups -OCH3 is 1. The van der Waals surface area contributed by atoms with Crippen molar-refractivity contribution in [1.29, 1.82) is 0 Å². The van der Waals surface area contributed by atoms with Gasteiger partial charge in [0.1, 0.15) is 12.1 Å². The van der Waals surface area contributed by atoms with Gasteiger partial charge in [-0.1, -0.05) is 21.6 Å². The van der Waals surface area contributed by atoms with Crippen molar-refractivity contribution in [3.05, 3.63) is 0 Å². The van der Waals surface area contributed by atoms with E-state index in [9.17, 15) is 14.4 Å². The highest BCUT2D eigenvalue weighted by atomic mass is 33.1. The van der Waals surface area contributed by atoms with Gasteiger partial charge in [-0.05, 0) is 0 Å². The summed E-state index contributed by atoms with van der Waals surface area (Å²) in [4.78, 5) is 31.7. The molecule has 2 atom stereocenters. The topological polar surface area (TPSA) is 122 Å². The lowest BCUT2D eigenvalue weighted by molar-refractivity contribution is -0.152. The second-order valence-electron chi connectivity index (χ2n) is 2.84. The lowest BCUT2D eigenvalue weighted by atomic mass is 10.4. The van der Waals surface area contributed by atoms with Crippen LogP contribution in [0.5, 0.6) is 0 Å². The lowest BCUT2D eigenvalue weighted by Crippen LogP contribution is -2.35. The van der Waals surface area contributed by atoms with Crippen molar-refractivity contribution < 1.29 is 23.9 Å². The number of nitrogens with two attached hydrogens (primary N) is 2. The molecule has 0 aliphatic carbocycles. The first-order chi connectivity index (χ1) is 8.02. The van der Waals surface area contributed by atoms with Crippen molar-refractivity contribution >= 4 is 40.0 Å². The molecule has 0 saturated heterocycles. The van der Waals surface area contributed by atoms with Crippen molar-refractivity contribution in [1.82, 2.24) is 0 Å². The van der Waals surface area contributed by atoms with Gasteiger partial charge < -0.3 is 20.9 Å². The maximum absolute atomic E-state index is 10.9. The Hall–Kier alpha value is -0.770. The Bertz CT molecular complexity index is 277. The van der Waals surface area contributed by atoms with E-state index in [4.69, 9.17) is 11.5 Å². The molecule has 0 aromatic carbocycles. The molecule has 9 heteroatoms. The molecule has 0 rings (SSSR count). The third kappa shape index (κ3) is 7.21. The highest BCUT2D eigenvalue weighted by molar-refractivity contribution is 8.76. The standard InChI is InChI=1S/C8H14N2O5S2/c1-14-7(12)5(9)2-16-17-3-6(10)8(13)15-4-11/h4-6H,2-3,9-10H2,1H3/t5-,6-/m0/s1. The fourth-order valence-electron chi connectivity index (χ4n) is 0.665.